The summed E-state index contributed by atoms with van der Waals surface area (Å²) in [6.45, 7) is 2.96. The van der Waals surface area contributed by atoms with E-state index in [1.807, 2.05) is 6.92 Å². The fourth-order valence-corrected chi connectivity index (χ4v) is 3.04. The number of carbonyl (C=O) groups is 2. The first-order chi connectivity index (χ1) is 9.02. The molecule has 2 rings (SSSR count). The van der Waals surface area contributed by atoms with E-state index in [1.165, 1.54) is 0 Å². The number of benzene rings is 1. The summed E-state index contributed by atoms with van der Waals surface area (Å²) in [5.41, 5.74) is 0.495. The van der Waals surface area contributed by atoms with Gasteiger partial charge in [-0.25, -0.2) is 0 Å². The number of rotatable bonds is 2. The van der Waals surface area contributed by atoms with Crippen molar-refractivity contribution in [1.82, 2.24) is 4.90 Å². The summed E-state index contributed by atoms with van der Waals surface area (Å²) in [6, 6.07) is 5.22. The minimum atomic E-state index is -0.0940. The van der Waals surface area contributed by atoms with Gasteiger partial charge in [0.15, 0.2) is 0 Å². The van der Waals surface area contributed by atoms with Crippen molar-refractivity contribution in [2.24, 2.45) is 5.92 Å². The van der Waals surface area contributed by atoms with Crippen molar-refractivity contribution in [3.05, 3.63) is 33.3 Å². The van der Waals surface area contributed by atoms with E-state index in [0.29, 0.717) is 30.1 Å². The second-order valence-electron chi connectivity index (χ2n) is 4.70. The van der Waals surface area contributed by atoms with Crippen LogP contribution in [0, 0.1) is 5.92 Å². The molecule has 0 N–H and O–H groups in total. The first-order valence-corrected chi connectivity index (χ1v) is 7.47. The van der Waals surface area contributed by atoms with Gasteiger partial charge in [-0.1, -0.05) is 34.5 Å². The van der Waals surface area contributed by atoms with Gasteiger partial charge in [-0.2, -0.15) is 0 Å². The molecule has 0 aliphatic carbocycles. The number of amides is 1. The maximum atomic E-state index is 12.4. The number of hydrogen-bond donors (Lipinski definition) is 0. The predicted molar refractivity (Wildman–Crippen MR) is 78.5 cm³/mol. The van der Waals surface area contributed by atoms with Crippen molar-refractivity contribution >= 4 is 39.2 Å². The van der Waals surface area contributed by atoms with Crippen LogP contribution in [0.5, 0.6) is 0 Å². The topological polar surface area (TPSA) is 37.4 Å². The number of ketones is 1. The molecule has 0 spiro atoms. The van der Waals surface area contributed by atoms with Gasteiger partial charge in [0, 0.05) is 29.9 Å². The second-order valence-corrected chi connectivity index (χ2v) is 6.02. The molecule has 1 unspecified atom stereocenters. The number of piperidine rings is 1. The number of hydrogen-bond acceptors (Lipinski definition) is 2. The lowest BCUT2D eigenvalue weighted by Gasteiger charge is -2.31. The van der Waals surface area contributed by atoms with Crippen LogP contribution >= 0.6 is 27.5 Å². The molecule has 102 valence electrons. The van der Waals surface area contributed by atoms with E-state index >= 15 is 0 Å². The number of nitrogens with zero attached hydrogens (tertiary/aromatic N) is 1. The van der Waals surface area contributed by atoms with Crippen LogP contribution in [0.1, 0.15) is 30.1 Å². The zero-order valence-electron chi connectivity index (χ0n) is 10.7. The number of likely N-dealkylation sites (tertiary alicyclic amines) is 1. The van der Waals surface area contributed by atoms with Crippen LogP contribution < -0.4 is 0 Å². The SMILES string of the molecule is CCC1CN(C(=O)c2ccc(Br)cc2Cl)CCC1=O. The van der Waals surface area contributed by atoms with Crippen LogP contribution in [0.25, 0.3) is 0 Å². The van der Waals surface area contributed by atoms with E-state index in [2.05, 4.69) is 15.9 Å². The van der Waals surface area contributed by atoms with Crippen molar-refractivity contribution in [2.75, 3.05) is 13.1 Å². The van der Waals surface area contributed by atoms with E-state index in [0.717, 1.165) is 10.9 Å². The monoisotopic (exact) mass is 343 g/mol. The standard InChI is InChI=1S/C14H15BrClNO2/c1-2-9-8-17(6-5-13(9)18)14(19)11-4-3-10(15)7-12(11)16/h3-4,7,9H,2,5-6,8H2,1H3. The molecule has 1 fully saturated rings. The third-order valence-electron chi connectivity index (χ3n) is 3.47. The Labute approximate surface area is 126 Å². The Morgan fingerprint density at radius 3 is 2.89 bits per heavy atom. The lowest BCUT2D eigenvalue weighted by atomic mass is 9.93. The molecule has 3 nitrogen and oxygen atoms in total. The van der Waals surface area contributed by atoms with Crippen molar-refractivity contribution in [3.63, 3.8) is 0 Å². The molecule has 19 heavy (non-hydrogen) atoms. The highest BCUT2D eigenvalue weighted by Crippen LogP contribution is 2.25. The van der Waals surface area contributed by atoms with Gasteiger partial charge < -0.3 is 4.90 Å². The first kappa shape index (κ1) is 14.5. The van der Waals surface area contributed by atoms with E-state index in [1.54, 1.807) is 23.1 Å². The van der Waals surface area contributed by atoms with E-state index in [4.69, 9.17) is 11.6 Å². The summed E-state index contributed by atoms with van der Waals surface area (Å²) in [6.07, 6.45) is 1.22. The van der Waals surface area contributed by atoms with Gasteiger partial charge in [-0.3, -0.25) is 9.59 Å². The third kappa shape index (κ3) is 3.18. The van der Waals surface area contributed by atoms with Gasteiger partial charge in [-0.05, 0) is 24.6 Å². The van der Waals surface area contributed by atoms with Crippen LogP contribution in [0.2, 0.25) is 5.02 Å². The average molecular weight is 345 g/mol. The van der Waals surface area contributed by atoms with E-state index in [9.17, 15) is 9.59 Å². The van der Waals surface area contributed by atoms with Gasteiger partial charge in [-0.15, -0.1) is 0 Å². The van der Waals surface area contributed by atoms with Crippen LogP contribution in [0.4, 0.5) is 0 Å². The Kier molecular flexibility index (Phi) is 4.63. The van der Waals surface area contributed by atoms with Gasteiger partial charge in [0.2, 0.25) is 0 Å². The Hall–Kier alpha value is -0.870. The predicted octanol–water partition coefficient (Wildman–Crippen LogP) is 3.54. The normalized spacial score (nSPS) is 19.6. The van der Waals surface area contributed by atoms with E-state index < -0.39 is 0 Å². The number of halogens is 2. The molecule has 1 aliphatic heterocycles. The van der Waals surface area contributed by atoms with Crippen LogP contribution in [0.3, 0.4) is 0 Å². The Morgan fingerprint density at radius 1 is 1.53 bits per heavy atom. The highest BCUT2D eigenvalue weighted by Gasteiger charge is 2.29. The molecule has 1 aliphatic rings. The number of carbonyl (C=O) groups excluding carboxylic acids is 2. The van der Waals surface area contributed by atoms with Crippen LogP contribution in [-0.4, -0.2) is 29.7 Å². The average Bonchev–Trinajstić information content (AvgIpc) is 2.38. The molecule has 0 bridgehead atoms. The van der Waals surface area contributed by atoms with Crippen molar-refractivity contribution < 1.29 is 9.59 Å². The van der Waals surface area contributed by atoms with Crippen molar-refractivity contribution in [1.29, 1.82) is 0 Å². The molecule has 1 saturated heterocycles. The molecule has 1 heterocycles. The molecule has 1 aromatic carbocycles. The minimum absolute atomic E-state index is 0.0353. The molecular formula is C14H15BrClNO2. The lowest BCUT2D eigenvalue weighted by molar-refractivity contribution is -0.125. The number of Topliss-reactive ketones (excluding diaryl/α,β-unsaturated/α-hetero) is 1. The second kappa shape index (κ2) is 6.06. The molecule has 0 aromatic heterocycles. The van der Waals surface area contributed by atoms with E-state index in [-0.39, 0.29) is 17.6 Å². The molecule has 1 aromatic rings. The minimum Gasteiger partial charge on any atom is -0.337 e. The zero-order chi connectivity index (χ0) is 14.0. The Balaban J connectivity index is 2.18. The lowest BCUT2D eigenvalue weighted by Crippen LogP contribution is -2.44. The molecule has 0 radical (unpaired) electrons. The van der Waals surface area contributed by atoms with Gasteiger partial charge in [0.1, 0.15) is 5.78 Å². The van der Waals surface area contributed by atoms with Gasteiger partial charge in [0.25, 0.3) is 5.91 Å². The molecule has 1 atom stereocenters. The summed E-state index contributed by atoms with van der Waals surface area (Å²) in [4.78, 5) is 25.8. The smallest absolute Gasteiger partial charge is 0.255 e. The summed E-state index contributed by atoms with van der Waals surface area (Å²) in [5.74, 6) is 0.129. The van der Waals surface area contributed by atoms with Crippen LogP contribution in [-0.2, 0) is 4.79 Å². The molecule has 5 heteroatoms. The van der Waals surface area contributed by atoms with Gasteiger partial charge in [0.05, 0.1) is 10.6 Å². The summed E-state index contributed by atoms with van der Waals surface area (Å²) in [5, 5.41) is 0.435. The maximum absolute atomic E-state index is 12.4. The molecule has 0 saturated carbocycles. The fourth-order valence-electron chi connectivity index (χ4n) is 2.28. The fraction of sp³-hybridized carbons (Fsp3) is 0.429. The quantitative estimate of drug-likeness (QED) is 0.823. The summed E-state index contributed by atoms with van der Waals surface area (Å²) in [7, 11) is 0. The first-order valence-electron chi connectivity index (χ1n) is 6.30. The van der Waals surface area contributed by atoms with Gasteiger partial charge >= 0.3 is 0 Å². The Bertz CT molecular complexity index is 518. The highest BCUT2D eigenvalue weighted by atomic mass is 79.9. The van der Waals surface area contributed by atoms with Crippen molar-refractivity contribution in [2.45, 2.75) is 19.8 Å². The van der Waals surface area contributed by atoms with Crippen LogP contribution in [0.15, 0.2) is 22.7 Å². The maximum Gasteiger partial charge on any atom is 0.255 e. The van der Waals surface area contributed by atoms with Crippen molar-refractivity contribution in [3.8, 4) is 0 Å². The molecular weight excluding hydrogens is 330 g/mol. The highest BCUT2D eigenvalue weighted by molar-refractivity contribution is 9.10. The summed E-state index contributed by atoms with van der Waals surface area (Å²) < 4.78 is 0.842. The zero-order valence-corrected chi connectivity index (χ0v) is 13.0. The Morgan fingerprint density at radius 2 is 2.26 bits per heavy atom. The summed E-state index contributed by atoms with van der Waals surface area (Å²) >= 11 is 9.41. The third-order valence-corrected chi connectivity index (χ3v) is 4.27. The molecule has 1 amide bonds. The largest absolute Gasteiger partial charge is 0.337 e.